The van der Waals surface area contributed by atoms with E-state index in [1.54, 1.807) is 7.05 Å². The van der Waals surface area contributed by atoms with Crippen LogP contribution in [0, 0.1) is 0 Å². The summed E-state index contributed by atoms with van der Waals surface area (Å²) in [6.45, 7) is 6.04. The van der Waals surface area contributed by atoms with Crippen molar-refractivity contribution in [2.45, 2.75) is 33.6 Å². The molecular formula is C7H20N4. The summed E-state index contributed by atoms with van der Waals surface area (Å²) in [7, 11) is 1.64. The Morgan fingerprint density at radius 3 is 2.18 bits per heavy atom. The third-order valence-electron chi connectivity index (χ3n) is 0.792. The number of hydrazone groups is 1. The molecule has 4 N–H and O–H groups in total. The second-order valence-corrected chi connectivity index (χ2v) is 1.92. The summed E-state index contributed by atoms with van der Waals surface area (Å²) in [4.78, 5) is 0. The van der Waals surface area contributed by atoms with Gasteiger partial charge in [-0.25, -0.2) is 11.0 Å². The summed E-state index contributed by atoms with van der Waals surface area (Å²) >= 11 is 0. The van der Waals surface area contributed by atoms with Crippen LogP contribution in [0.15, 0.2) is 5.10 Å². The van der Waals surface area contributed by atoms with Crippen molar-refractivity contribution in [3.8, 4) is 0 Å². The Morgan fingerprint density at radius 2 is 1.91 bits per heavy atom. The third kappa shape index (κ3) is 12.4. The number of hydrogen-bond donors (Lipinski definition) is 2. The number of rotatable bonds is 3. The van der Waals surface area contributed by atoms with Crippen molar-refractivity contribution in [3.05, 3.63) is 0 Å². The van der Waals surface area contributed by atoms with Crippen molar-refractivity contribution in [3.63, 3.8) is 0 Å². The molecular weight excluding hydrogens is 140 g/mol. The van der Waals surface area contributed by atoms with Gasteiger partial charge in [-0.1, -0.05) is 20.8 Å². The van der Waals surface area contributed by atoms with Gasteiger partial charge >= 0.3 is 0 Å². The highest BCUT2D eigenvalue weighted by molar-refractivity contribution is 5.79. The SMILES string of the molecule is CC.CCC/C(N)=N/N(C)N. The first-order chi connectivity index (χ1) is 5.16. The Balaban J connectivity index is 0. The van der Waals surface area contributed by atoms with Crippen LogP contribution in [0.2, 0.25) is 0 Å². The van der Waals surface area contributed by atoms with Crippen molar-refractivity contribution in [1.82, 2.24) is 5.12 Å². The predicted octanol–water partition coefficient (Wildman–Crippen LogP) is 0.890. The maximum Gasteiger partial charge on any atom is 0.121 e. The minimum Gasteiger partial charge on any atom is -0.386 e. The van der Waals surface area contributed by atoms with Gasteiger partial charge in [-0.2, -0.15) is 0 Å². The van der Waals surface area contributed by atoms with E-state index in [9.17, 15) is 0 Å². The molecule has 4 nitrogen and oxygen atoms in total. The molecule has 0 rings (SSSR count). The Bertz CT molecular complexity index is 98.6. The molecule has 68 valence electrons. The fourth-order valence-electron chi connectivity index (χ4n) is 0.509. The molecule has 11 heavy (non-hydrogen) atoms. The number of nitrogens with zero attached hydrogens (tertiary/aromatic N) is 2. The molecule has 0 fully saturated rings. The zero-order valence-corrected chi connectivity index (χ0v) is 7.96. The van der Waals surface area contributed by atoms with E-state index in [1.807, 2.05) is 20.8 Å². The topological polar surface area (TPSA) is 67.6 Å². The molecule has 0 heterocycles. The minimum atomic E-state index is 0.586. The number of hydrazine groups is 1. The van der Waals surface area contributed by atoms with E-state index in [-0.39, 0.29) is 0 Å². The second-order valence-electron chi connectivity index (χ2n) is 1.92. The number of amidine groups is 1. The van der Waals surface area contributed by atoms with Crippen molar-refractivity contribution < 1.29 is 0 Å². The molecule has 0 aliphatic rings. The van der Waals surface area contributed by atoms with E-state index >= 15 is 0 Å². The molecule has 0 aromatic rings. The Hall–Kier alpha value is -0.770. The zero-order chi connectivity index (χ0) is 9.28. The lowest BCUT2D eigenvalue weighted by Crippen LogP contribution is -2.24. The van der Waals surface area contributed by atoms with Crippen LogP contribution < -0.4 is 11.6 Å². The van der Waals surface area contributed by atoms with Crippen molar-refractivity contribution >= 4 is 5.84 Å². The predicted molar refractivity (Wildman–Crippen MR) is 49.8 cm³/mol. The van der Waals surface area contributed by atoms with Gasteiger partial charge < -0.3 is 5.73 Å². The van der Waals surface area contributed by atoms with Crippen LogP contribution in [0.25, 0.3) is 0 Å². The van der Waals surface area contributed by atoms with E-state index in [2.05, 4.69) is 5.10 Å². The lowest BCUT2D eigenvalue weighted by molar-refractivity contribution is 0.370. The molecule has 0 spiro atoms. The van der Waals surface area contributed by atoms with Crippen molar-refractivity contribution in [1.29, 1.82) is 0 Å². The maximum atomic E-state index is 5.41. The zero-order valence-electron chi connectivity index (χ0n) is 7.96. The monoisotopic (exact) mass is 160 g/mol. The fraction of sp³-hybridized carbons (Fsp3) is 0.857. The lowest BCUT2D eigenvalue weighted by atomic mass is 10.3. The van der Waals surface area contributed by atoms with Crippen molar-refractivity contribution in [2.75, 3.05) is 7.05 Å². The summed E-state index contributed by atoms with van der Waals surface area (Å²) in [6, 6.07) is 0. The van der Waals surface area contributed by atoms with Gasteiger partial charge in [0.2, 0.25) is 0 Å². The van der Waals surface area contributed by atoms with E-state index < -0.39 is 0 Å². The maximum absolute atomic E-state index is 5.41. The van der Waals surface area contributed by atoms with Gasteiger partial charge in [0.15, 0.2) is 0 Å². The fourth-order valence-corrected chi connectivity index (χ4v) is 0.509. The van der Waals surface area contributed by atoms with E-state index in [4.69, 9.17) is 11.6 Å². The van der Waals surface area contributed by atoms with Gasteiger partial charge in [0, 0.05) is 13.5 Å². The first-order valence-electron chi connectivity index (χ1n) is 3.98. The molecule has 0 unspecified atom stereocenters. The quantitative estimate of drug-likeness (QED) is 0.279. The van der Waals surface area contributed by atoms with Gasteiger partial charge in [0.25, 0.3) is 0 Å². The normalized spacial score (nSPS) is 10.1. The number of nitrogens with two attached hydrogens (primary N) is 2. The van der Waals surface area contributed by atoms with E-state index in [1.165, 1.54) is 5.12 Å². The summed E-state index contributed by atoms with van der Waals surface area (Å²) in [5.74, 6) is 5.78. The summed E-state index contributed by atoms with van der Waals surface area (Å²) in [5, 5.41) is 4.99. The lowest BCUT2D eigenvalue weighted by Gasteiger charge is -2.04. The van der Waals surface area contributed by atoms with Gasteiger partial charge in [0.05, 0.1) is 0 Å². The van der Waals surface area contributed by atoms with E-state index in [0.29, 0.717) is 5.84 Å². The van der Waals surface area contributed by atoms with Crippen LogP contribution in [0.1, 0.15) is 33.6 Å². The molecule has 0 saturated carbocycles. The average molecular weight is 160 g/mol. The highest BCUT2D eigenvalue weighted by Gasteiger charge is 1.88. The molecule has 0 radical (unpaired) electrons. The van der Waals surface area contributed by atoms with Crippen LogP contribution >= 0.6 is 0 Å². The standard InChI is InChI=1S/C5H14N4.C2H6/c1-3-4-5(6)8-9(2)7;1-2/h3-4,7H2,1-2H3,(H2,6,8);1-2H3. The molecule has 0 aliphatic carbocycles. The first kappa shape index (κ1) is 12.9. The first-order valence-corrected chi connectivity index (χ1v) is 3.98. The highest BCUT2D eigenvalue weighted by Crippen LogP contribution is 1.85. The molecule has 0 saturated heterocycles. The minimum absolute atomic E-state index is 0.586. The van der Waals surface area contributed by atoms with Crippen molar-refractivity contribution in [2.24, 2.45) is 16.7 Å². The molecule has 0 aliphatic heterocycles. The van der Waals surface area contributed by atoms with Crippen LogP contribution in [-0.2, 0) is 0 Å². The van der Waals surface area contributed by atoms with Gasteiger partial charge in [0.1, 0.15) is 5.84 Å². The van der Waals surface area contributed by atoms with Gasteiger partial charge in [-0.05, 0) is 6.42 Å². The van der Waals surface area contributed by atoms with Crippen LogP contribution in [0.4, 0.5) is 0 Å². The molecule has 4 heteroatoms. The largest absolute Gasteiger partial charge is 0.386 e. The van der Waals surface area contributed by atoms with Crippen LogP contribution in [-0.4, -0.2) is 18.0 Å². The number of hydrogen-bond acceptors (Lipinski definition) is 3. The Morgan fingerprint density at radius 1 is 1.45 bits per heavy atom. The Kier molecular flexibility index (Phi) is 10.8. The average Bonchev–Trinajstić information content (AvgIpc) is 1.91. The summed E-state index contributed by atoms with van der Waals surface area (Å²) < 4.78 is 0. The third-order valence-corrected chi connectivity index (χ3v) is 0.792. The van der Waals surface area contributed by atoms with E-state index in [0.717, 1.165) is 12.8 Å². The van der Waals surface area contributed by atoms with Crippen LogP contribution in [0.3, 0.4) is 0 Å². The van der Waals surface area contributed by atoms with Gasteiger partial charge in [-0.15, -0.1) is 5.10 Å². The highest BCUT2D eigenvalue weighted by atomic mass is 15.6. The summed E-state index contributed by atoms with van der Waals surface area (Å²) in [5.41, 5.74) is 5.41. The molecule has 0 aromatic heterocycles. The van der Waals surface area contributed by atoms with Crippen LogP contribution in [0.5, 0.6) is 0 Å². The molecule has 0 bridgehead atoms. The smallest absolute Gasteiger partial charge is 0.121 e. The molecule has 0 atom stereocenters. The van der Waals surface area contributed by atoms with Gasteiger partial charge in [-0.3, -0.25) is 0 Å². The Labute approximate surface area is 69.2 Å². The molecule has 0 aromatic carbocycles. The summed E-state index contributed by atoms with van der Waals surface area (Å²) in [6.07, 6.45) is 1.81. The second kappa shape index (κ2) is 9.23. The molecule has 0 amide bonds.